The number of aromatic nitrogens is 2. The van der Waals surface area contributed by atoms with Crippen molar-refractivity contribution in [1.82, 2.24) is 9.78 Å². The molecule has 7 nitrogen and oxygen atoms in total. The van der Waals surface area contributed by atoms with Crippen LogP contribution in [0.25, 0.3) is 0 Å². The Labute approximate surface area is 136 Å². The van der Waals surface area contributed by atoms with Crippen LogP contribution < -0.4 is 14.2 Å². The van der Waals surface area contributed by atoms with Gasteiger partial charge in [-0.25, -0.2) is 8.42 Å². The van der Waals surface area contributed by atoms with E-state index in [1.165, 1.54) is 20.4 Å². The summed E-state index contributed by atoms with van der Waals surface area (Å²) in [5.74, 6) is 0.974. The number of nitrogens with zero attached hydrogens (tertiary/aromatic N) is 2. The van der Waals surface area contributed by atoms with E-state index >= 15 is 0 Å². The largest absolute Gasteiger partial charge is 0.493 e. The summed E-state index contributed by atoms with van der Waals surface area (Å²) in [5.41, 5.74) is 0.839. The molecule has 0 radical (unpaired) electrons. The molecule has 8 heteroatoms. The minimum absolute atomic E-state index is 0.0822. The van der Waals surface area contributed by atoms with E-state index in [9.17, 15) is 8.42 Å². The molecular weight excluding hydrogens is 318 g/mol. The van der Waals surface area contributed by atoms with E-state index in [2.05, 4.69) is 9.82 Å². The van der Waals surface area contributed by atoms with Crippen LogP contribution >= 0.6 is 0 Å². The van der Waals surface area contributed by atoms with Crippen molar-refractivity contribution in [3.05, 3.63) is 30.1 Å². The van der Waals surface area contributed by atoms with Gasteiger partial charge in [0.2, 0.25) is 0 Å². The summed E-state index contributed by atoms with van der Waals surface area (Å²) >= 11 is 0. The van der Waals surface area contributed by atoms with E-state index in [-0.39, 0.29) is 10.9 Å². The minimum Gasteiger partial charge on any atom is -0.493 e. The van der Waals surface area contributed by atoms with Crippen molar-refractivity contribution in [3.8, 4) is 11.5 Å². The number of methoxy groups -OCH3 is 2. The summed E-state index contributed by atoms with van der Waals surface area (Å²) in [6.07, 6.45) is 1.53. The van der Waals surface area contributed by atoms with Gasteiger partial charge in [0.15, 0.2) is 11.5 Å². The van der Waals surface area contributed by atoms with Crippen LogP contribution in [-0.4, -0.2) is 32.4 Å². The van der Waals surface area contributed by atoms with E-state index in [1.807, 2.05) is 13.8 Å². The van der Waals surface area contributed by atoms with Gasteiger partial charge in [0.05, 0.1) is 25.6 Å². The fourth-order valence-electron chi connectivity index (χ4n) is 2.10. The minimum atomic E-state index is -3.73. The molecule has 0 saturated carbocycles. The quantitative estimate of drug-likeness (QED) is 0.875. The molecule has 0 saturated heterocycles. The molecule has 0 bridgehead atoms. The highest BCUT2D eigenvalue weighted by Gasteiger charge is 2.21. The van der Waals surface area contributed by atoms with Gasteiger partial charge in [0.1, 0.15) is 4.90 Å². The number of anilines is 1. The molecule has 0 spiro atoms. The van der Waals surface area contributed by atoms with Crippen LogP contribution in [0, 0.1) is 6.92 Å². The number of sulfonamides is 1. The average molecular weight is 339 g/mol. The molecule has 0 aliphatic heterocycles. The Morgan fingerprint density at radius 3 is 2.35 bits per heavy atom. The van der Waals surface area contributed by atoms with Crippen molar-refractivity contribution in [2.45, 2.75) is 31.7 Å². The van der Waals surface area contributed by atoms with Crippen molar-refractivity contribution in [2.75, 3.05) is 18.9 Å². The maximum absolute atomic E-state index is 12.6. The molecule has 23 heavy (non-hydrogen) atoms. The Balaban J connectivity index is 2.35. The molecule has 2 rings (SSSR count). The van der Waals surface area contributed by atoms with Gasteiger partial charge in [-0.05, 0) is 32.9 Å². The topological polar surface area (TPSA) is 82.5 Å². The van der Waals surface area contributed by atoms with Crippen LogP contribution in [0.5, 0.6) is 11.5 Å². The first-order valence-electron chi connectivity index (χ1n) is 7.09. The molecule has 0 amide bonds. The van der Waals surface area contributed by atoms with Crippen molar-refractivity contribution in [2.24, 2.45) is 0 Å². The monoisotopic (exact) mass is 339 g/mol. The first kappa shape index (κ1) is 17.1. The second kappa shape index (κ2) is 6.49. The van der Waals surface area contributed by atoms with E-state index in [0.717, 1.165) is 0 Å². The van der Waals surface area contributed by atoms with Gasteiger partial charge >= 0.3 is 0 Å². The molecule has 1 N–H and O–H groups in total. The normalized spacial score (nSPS) is 11.6. The molecule has 0 aliphatic rings. The van der Waals surface area contributed by atoms with Crippen LogP contribution in [0.1, 0.15) is 25.6 Å². The summed E-state index contributed by atoms with van der Waals surface area (Å²) < 4.78 is 39.6. The second-order valence-corrected chi connectivity index (χ2v) is 6.98. The third-order valence-electron chi connectivity index (χ3n) is 3.33. The molecule has 0 atom stereocenters. The SMILES string of the molecule is COc1ccc(NS(=O)(=O)c2cn(C(C)C)nc2C)cc1OC. The zero-order valence-corrected chi connectivity index (χ0v) is 14.6. The summed E-state index contributed by atoms with van der Waals surface area (Å²) in [6.45, 7) is 5.54. The van der Waals surface area contributed by atoms with Crippen molar-refractivity contribution >= 4 is 15.7 Å². The highest BCUT2D eigenvalue weighted by Crippen LogP contribution is 2.31. The Morgan fingerprint density at radius 1 is 1.17 bits per heavy atom. The zero-order chi connectivity index (χ0) is 17.2. The standard InChI is InChI=1S/C15H21N3O4S/c1-10(2)18-9-15(11(3)16-18)23(19,20)17-12-6-7-13(21-4)14(8-12)22-5/h6-10,17H,1-5H3. The predicted molar refractivity (Wildman–Crippen MR) is 87.7 cm³/mol. The van der Waals surface area contributed by atoms with Gasteiger partial charge in [-0.1, -0.05) is 0 Å². The molecular formula is C15H21N3O4S. The third-order valence-corrected chi connectivity index (χ3v) is 4.81. The van der Waals surface area contributed by atoms with Crippen LogP contribution in [0.3, 0.4) is 0 Å². The molecule has 1 aromatic heterocycles. The van der Waals surface area contributed by atoms with E-state index in [0.29, 0.717) is 22.9 Å². The van der Waals surface area contributed by atoms with Crippen molar-refractivity contribution in [3.63, 3.8) is 0 Å². The molecule has 1 heterocycles. The molecule has 0 aliphatic carbocycles. The summed E-state index contributed by atoms with van der Waals surface area (Å²) in [6, 6.07) is 4.90. The van der Waals surface area contributed by atoms with E-state index < -0.39 is 10.0 Å². The number of ether oxygens (including phenoxy) is 2. The van der Waals surface area contributed by atoms with Gasteiger partial charge in [-0.3, -0.25) is 9.40 Å². The number of hydrogen-bond donors (Lipinski definition) is 1. The van der Waals surface area contributed by atoms with E-state index in [1.54, 1.807) is 29.8 Å². The fourth-order valence-corrected chi connectivity index (χ4v) is 3.33. The first-order chi connectivity index (χ1) is 10.8. The molecule has 0 fully saturated rings. The number of aryl methyl sites for hydroxylation is 1. The van der Waals surface area contributed by atoms with Gasteiger partial charge in [-0.2, -0.15) is 5.10 Å². The fraction of sp³-hybridized carbons (Fsp3) is 0.400. The van der Waals surface area contributed by atoms with Crippen molar-refractivity contribution < 1.29 is 17.9 Å². The zero-order valence-electron chi connectivity index (χ0n) is 13.8. The lowest BCUT2D eigenvalue weighted by molar-refractivity contribution is 0.355. The molecule has 1 aromatic carbocycles. The lowest BCUT2D eigenvalue weighted by Crippen LogP contribution is -2.13. The summed E-state index contributed by atoms with van der Waals surface area (Å²) in [7, 11) is -0.719. The molecule has 2 aromatic rings. The Bertz CT molecular complexity index is 797. The number of nitrogens with one attached hydrogen (secondary N) is 1. The Hall–Kier alpha value is -2.22. The van der Waals surface area contributed by atoms with Crippen molar-refractivity contribution in [1.29, 1.82) is 0 Å². The lowest BCUT2D eigenvalue weighted by atomic mass is 10.3. The highest BCUT2D eigenvalue weighted by molar-refractivity contribution is 7.92. The van der Waals surface area contributed by atoms with Crippen LogP contribution in [0.2, 0.25) is 0 Å². The maximum atomic E-state index is 12.6. The van der Waals surface area contributed by atoms with Crippen LogP contribution in [0.15, 0.2) is 29.3 Å². The van der Waals surface area contributed by atoms with E-state index in [4.69, 9.17) is 9.47 Å². The number of benzene rings is 1. The van der Waals surface area contributed by atoms with Gasteiger partial charge in [0, 0.05) is 18.3 Å². The first-order valence-corrected chi connectivity index (χ1v) is 8.57. The maximum Gasteiger partial charge on any atom is 0.265 e. The predicted octanol–water partition coefficient (Wildman–Crippen LogP) is 2.59. The van der Waals surface area contributed by atoms with Gasteiger partial charge < -0.3 is 9.47 Å². The van der Waals surface area contributed by atoms with Crippen LogP contribution in [-0.2, 0) is 10.0 Å². The molecule has 0 unspecified atom stereocenters. The average Bonchev–Trinajstić information content (AvgIpc) is 2.90. The summed E-state index contributed by atoms with van der Waals surface area (Å²) in [4.78, 5) is 0.154. The van der Waals surface area contributed by atoms with Gasteiger partial charge in [-0.15, -0.1) is 0 Å². The number of rotatable bonds is 6. The highest BCUT2D eigenvalue weighted by atomic mass is 32.2. The third kappa shape index (κ3) is 3.58. The number of hydrogen-bond acceptors (Lipinski definition) is 5. The van der Waals surface area contributed by atoms with Gasteiger partial charge in [0.25, 0.3) is 10.0 Å². The lowest BCUT2D eigenvalue weighted by Gasteiger charge is -2.11. The smallest absolute Gasteiger partial charge is 0.265 e. The second-order valence-electron chi connectivity index (χ2n) is 5.33. The Kier molecular flexibility index (Phi) is 4.84. The summed E-state index contributed by atoms with van der Waals surface area (Å²) in [5, 5.41) is 4.23. The van der Waals surface area contributed by atoms with Crippen LogP contribution in [0.4, 0.5) is 5.69 Å². The Morgan fingerprint density at radius 2 is 1.83 bits per heavy atom. The molecule has 126 valence electrons.